The van der Waals surface area contributed by atoms with Crippen molar-refractivity contribution in [3.05, 3.63) is 69.1 Å². The van der Waals surface area contributed by atoms with Gasteiger partial charge in [-0.3, -0.25) is 4.57 Å². The molecule has 18 heavy (non-hydrogen) atoms. The van der Waals surface area contributed by atoms with Crippen LogP contribution in [0.4, 0.5) is 0 Å². The summed E-state index contributed by atoms with van der Waals surface area (Å²) in [6.45, 7) is 0.572. The van der Waals surface area contributed by atoms with Gasteiger partial charge in [0.05, 0.1) is 17.6 Å². The Kier molecular flexibility index (Phi) is 2.80. The molecule has 0 aliphatic heterocycles. The number of aromatic nitrogens is 2. The minimum absolute atomic E-state index is 0.0826. The van der Waals surface area contributed by atoms with Gasteiger partial charge < -0.3 is 4.98 Å². The Balaban J connectivity index is 2.17. The zero-order valence-corrected chi connectivity index (χ0v) is 11.1. The summed E-state index contributed by atoms with van der Waals surface area (Å²) in [6, 6.07) is 15.7. The van der Waals surface area contributed by atoms with E-state index in [9.17, 15) is 4.79 Å². The molecule has 1 N–H and O–H groups in total. The average molecular weight is 303 g/mol. The molecule has 0 saturated heterocycles. The van der Waals surface area contributed by atoms with Crippen molar-refractivity contribution in [2.24, 2.45) is 0 Å². The predicted octanol–water partition coefficient (Wildman–Crippen LogP) is 3.14. The Morgan fingerprint density at radius 3 is 2.61 bits per heavy atom. The molecule has 2 aromatic carbocycles. The van der Waals surface area contributed by atoms with Crippen LogP contribution in [0.25, 0.3) is 11.0 Å². The third-order valence-corrected chi connectivity index (χ3v) is 3.57. The maximum atomic E-state index is 12.0. The summed E-state index contributed by atoms with van der Waals surface area (Å²) in [6.07, 6.45) is 0. The number of hydrogen-bond acceptors (Lipinski definition) is 1. The van der Waals surface area contributed by atoms with E-state index in [2.05, 4.69) is 20.9 Å². The highest BCUT2D eigenvalue weighted by molar-refractivity contribution is 9.10. The SMILES string of the molecule is O=c1[nH]c2cccc(Br)c2n1Cc1ccccc1. The van der Waals surface area contributed by atoms with E-state index in [1.54, 1.807) is 4.57 Å². The van der Waals surface area contributed by atoms with Crippen molar-refractivity contribution < 1.29 is 0 Å². The minimum Gasteiger partial charge on any atom is -0.305 e. The molecule has 1 aromatic heterocycles. The summed E-state index contributed by atoms with van der Waals surface area (Å²) in [4.78, 5) is 14.8. The molecule has 0 unspecified atom stereocenters. The summed E-state index contributed by atoms with van der Waals surface area (Å²) in [5, 5.41) is 0. The van der Waals surface area contributed by atoms with Gasteiger partial charge in [0.2, 0.25) is 0 Å². The fourth-order valence-electron chi connectivity index (χ4n) is 2.09. The number of aromatic amines is 1. The van der Waals surface area contributed by atoms with Gasteiger partial charge in [0.25, 0.3) is 0 Å². The molecule has 0 fully saturated rings. The minimum atomic E-state index is -0.0826. The number of halogens is 1. The lowest BCUT2D eigenvalue weighted by molar-refractivity contribution is 0.786. The molecule has 0 aliphatic rings. The first-order valence-electron chi connectivity index (χ1n) is 5.66. The van der Waals surface area contributed by atoms with E-state index in [0.29, 0.717) is 6.54 Å². The molecule has 3 nitrogen and oxygen atoms in total. The van der Waals surface area contributed by atoms with Crippen LogP contribution >= 0.6 is 15.9 Å². The lowest BCUT2D eigenvalue weighted by atomic mass is 10.2. The molecule has 4 heteroatoms. The Morgan fingerprint density at radius 2 is 1.83 bits per heavy atom. The van der Waals surface area contributed by atoms with E-state index >= 15 is 0 Å². The number of hydrogen-bond donors (Lipinski definition) is 1. The van der Waals surface area contributed by atoms with Crippen LogP contribution in [0.3, 0.4) is 0 Å². The van der Waals surface area contributed by atoms with Gasteiger partial charge in [-0.15, -0.1) is 0 Å². The summed E-state index contributed by atoms with van der Waals surface area (Å²) < 4.78 is 2.67. The predicted molar refractivity (Wildman–Crippen MR) is 75.8 cm³/mol. The molecule has 0 radical (unpaired) electrons. The maximum absolute atomic E-state index is 12.0. The van der Waals surface area contributed by atoms with Crippen LogP contribution in [0.1, 0.15) is 5.56 Å². The normalized spacial score (nSPS) is 10.9. The van der Waals surface area contributed by atoms with E-state index in [1.807, 2.05) is 48.5 Å². The van der Waals surface area contributed by atoms with Crippen LogP contribution in [0.5, 0.6) is 0 Å². The fourth-order valence-corrected chi connectivity index (χ4v) is 2.67. The number of imidazole rings is 1. The standard InChI is InChI=1S/C14H11BrN2O/c15-11-7-4-8-12-13(11)17(14(18)16-12)9-10-5-2-1-3-6-10/h1-8H,9H2,(H,16,18). The third-order valence-electron chi connectivity index (χ3n) is 2.93. The zero-order valence-electron chi connectivity index (χ0n) is 9.56. The van der Waals surface area contributed by atoms with E-state index in [4.69, 9.17) is 0 Å². The van der Waals surface area contributed by atoms with Gasteiger partial charge in [0, 0.05) is 4.47 Å². The molecule has 3 rings (SSSR count). The topological polar surface area (TPSA) is 37.8 Å². The second kappa shape index (κ2) is 4.46. The van der Waals surface area contributed by atoms with Crippen molar-refractivity contribution in [3.63, 3.8) is 0 Å². The van der Waals surface area contributed by atoms with E-state index in [0.717, 1.165) is 21.1 Å². The van der Waals surface area contributed by atoms with Crippen LogP contribution in [0.2, 0.25) is 0 Å². The highest BCUT2D eigenvalue weighted by Gasteiger charge is 2.09. The number of rotatable bonds is 2. The summed E-state index contributed by atoms with van der Waals surface area (Å²) >= 11 is 3.49. The third kappa shape index (κ3) is 1.88. The molecule has 0 amide bonds. The van der Waals surface area contributed by atoms with Crippen molar-refractivity contribution in [1.29, 1.82) is 0 Å². The number of benzene rings is 2. The van der Waals surface area contributed by atoms with Crippen LogP contribution in [-0.4, -0.2) is 9.55 Å². The first kappa shape index (κ1) is 11.3. The number of nitrogens with one attached hydrogen (secondary N) is 1. The number of nitrogens with zero attached hydrogens (tertiary/aromatic N) is 1. The zero-order chi connectivity index (χ0) is 12.5. The Hall–Kier alpha value is -1.81. The molecule has 0 bridgehead atoms. The first-order valence-corrected chi connectivity index (χ1v) is 6.46. The smallest absolute Gasteiger partial charge is 0.305 e. The molecule has 0 spiro atoms. The lowest BCUT2D eigenvalue weighted by Crippen LogP contribution is -2.17. The second-order valence-electron chi connectivity index (χ2n) is 4.14. The maximum Gasteiger partial charge on any atom is 0.326 e. The van der Waals surface area contributed by atoms with Crippen molar-refractivity contribution in [2.75, 3.05) is 0 Å². The first-order chi connectivity index (χ1) is 8.75. The van der Waals surface area contributed by atoms with Gasteiger partial charge in [-0.25, -0.2) is 4.79 Å². The Bertz CT molecular complexity index is 743. The molecule has 90 valence electrons. The summed E-state index contributed by atoms with van der Waals surface area (Å²) in [5.74, 6) is 0. The van der Waals surface area contributed by atoms with Crippen LogP contribution in [0.15, 0.2) is 57.8 Å². The quantitative estimate of drug-likeness (QED) is 0.776. The highest BCUT2D eigenvalue weighted by Crippen LogP contribution is 2.21. The van der Waals surface area contributed by atoms with Crippen LogP contribution in [0, 0.1) is 0 Å². The molecule has 3 aromatic rings. The van der Waals surface area contributed by atoms with Crippen LogP contribution < -0.4 is 5.69 Å². The fraction of sp³-hybridized carbons (Fsp3) is 0.0714. The summed E-state index contributed by atoms with van der Waals surface area (Å²) in [7, 11) is 0. The van der Waals surface area contributed by atoms with Gasteiger partial charge >= 0.3 is 5.69 Å². The lowest BCUT2D eigenvalue weighted by Gasteiger charge is -2.04. The molecular weight excluding hydrogens is 292 g/mol. The molecular formula is C14H11BrN2O. The van der Waals surface area contributed by atoms with Gasteiger partial charge in [-0.05, 0) is 33.6 Å². The largest absolute Gasteiger partial charge is 0.326 e. The van der Waals surface area contributed by atoms with E-state index in [-0.39, 0.29) is 5.69 Å². The van der Waals surface area contributed by atoms with Gasteiger partial charge in [-0.2, -0.15) is 0 Å². The number of fused-ring (bicyclic) bond motifs is 1. The van der Waals surface area contributed by atoms with Crippen molar-refractivity contribution in [1.82, 2.24) is 9.55 Å². The van der Waals surface area contributed by atoms with Gasteiger partial charge in [0.15, 0.2) is 0 Å². The number of H-pyrrole nitrogens is 1. The summed E-state index contributed by atoms with van der Waals surface area (Å²) in [5.41, 5.74) is 2.79. The Morgan fingerprint density at radius 1 is 1.06 bits per heavy atom. The van der Waals surface area contributed by atoms with Crippen molar-refractivity contribution in [2.45, 2.75) is 6.54 Å². The Labute approximate surface area is 112 Å². The number of para-hydroxylation sites is 1. The highest BCUT2D eigenvalue weighted by atomic mass is 79.9. The van der Waals surface area contributed by atoms with Crippen molar-refractivity contribution >= 4 is 27.0 Å². The molecule has 1 heterocycles. The van der Waals surface area contributed by atoms with Gasteiger partial charge in [0.1, 0.15) is 0 Å². The van der Waals surface area contributed by atoms with E-state index < -0.39 is 0 Å². The van der Waals surface area contributed by atoms with E-state index in [1.165, 1.54) is 0 Å². The van der Waals surface area contributed by atoms with Crippen LogP contribution in [-0.2, 0) is 6.54 Å². The molecule has 0 aliphatic carbocycles. The molecule has 0 saturated carbocycles. The van der Waals surface area contributed by atoms with Crippen molar-refractivity contribution in [3.8, 4) is 0 Å². The second-order valence-corrected chi connectivity index (χ2v) is 4.99. The van der Waals surface area contributed by atoms with Gasteiger partial charge in [-0.1, -0.05) is 36.4 Å². The average Bonchev–Trinajstić information content (AvgIpc) is 2.69. The monoisotopic (exact) mass is 302 g/mol. The molecule has 0 atom stereocenters.